The molecule has 0 spiro atoms. The fraction of sp³-hybridized carbons (Fsp3) is 0.471. The Morgan fingerprint density at radius 1 is 1.27 bits per heavy atom. The molecule has 1 aromatic heterocycles. The van der Waals surface area contributed by atoms with Crippen LogP contribution in [0.4, 0.5) is 0 Å². The van der Waals surface area contributed by atoms with E-state index in [-0.39, 0.29) is 0 Å². The first-order valence-electron chi connectivity index (χ1n) is 7.81. The van der Waals surface area contributed by atoms with E-state index in [1.807, 2.05) is 36.0 Å². The number of hydrogen-bond acceptors (Lipinski definition) is 4. The van der Waals surface area contributed by atoms with E-state index in [0.29, 0.717) is 11.6 Å². The molecule has 1 aromatic carbocycles. The summed E-state index contributed by atoms with van der Waals surface area (Å²) >= 11 is 1.64. The summed E-state index contributed by atoms with van der Waals surface area (Å²) in [5.41, 5.74) is 1.73. The minimum absolute atomic E-state index is 0.499. The second-order valence-electron chi connectivity index (χ2n) is 6.37. The molecule has 2 aliphatic carbocycles. The van der Waals surface area contributed by atoms with Crippen molar-refractivity contribution >= 4 is 11.3 Å². The molecule has 3 atom stereocenters. The van der Waals surface area contributed by atoms with Crippen LogP contribution >= 0.6 is 11.3 Å². The Morgan fingerprint density at radius 2 is 2.09 bits per heavy atom. The van der Waals surface area contributed by atoms with Crippen LogP contribution in [0, 0.1) is 23.2 Å². The summed E-state index contributed by atoms with van der Waals surface area (Å²) in [5.74, 6) is 1.71. The summed E-state index contributed by atoms with van der Waals surface area (Å²) < 4.78 is 1.89. The van der Waals surface area contributed by atoms with Gasteiger partial charge in [0.25, 0.3) is 0 Å². The van der Waals surface area contributed by atoms with Crippen LogP contribution in [0.5, 0.6) is 0 Å². The lowest BCUT2D eigenvalue weighted by Crippen LogP contribution is -2.21. The van der Waals surface area contributed by atoms with Crippen LogP contribution in [-0.4, -0.2) is 15.8 Å². The summed E-state index contributed by atoms with van der Waals surface area (Å²) in [6.07, 6.45) is 5.39. The molecule has 2 aliphatic rings. The van der Waals surface area contributed by atoms with Crippen molar-refractivity contribution in [2.45, 2.75) is 31.7 Å². The maximum Gasteiger partial charge on any atom is 0.203 e. The Hall–Kier alpha value is -1.93. The van der Waals surface area contributed by atoms with E-state index < -0.39 is 0 Å². The summed E-state index contributed by atoms with van der Waals surface area (Å²) in [6.45, 7) is 0. The lowest BCUT2D eigenvalue weighted by Gasteiger charge is -2.16. The molecule has 0 aliphatic heterocycles. The van der Waals surface area contributed by atoms with Gasteiger partial charge in [0.15, 0.2) is 0 Å². The molecule has 2 fully saturated rings. The second kappa shape index (κ2) is 5.36. The van der Waals surface area contributed by atoms with Gasteiger partial charge in [0.1, 0.15) is 5.01 Å². The molecule has 112 valence electrons. The van der Waals surface area contributed by atoms with E-state index >= 15 is 0 Å². The molecule has 0 amide bonds. The summed E-state index contributed by atoms with van der Waals surface area (Å²) in [5, 5.41) is 14.4. The van der Waals surface area contributed by atoms with Gasteiger partial charge in [0.2, 0.25) is 4.80 Å². The van der Waals surface area contributed by atoms with E-state index in [1.165, 1.54) is 25.7 Å². The van der Waals surface area contributed by atoms with Crippen molar-refractivity contribution in [3.8, 4) is 16.6 Å². The Morgan fingerprint density at radius 3 is 2.73 bits per heavy atom. The van der Waals surface area contributed by atoms with E-state index in [0.717, 1.165) is 27.2 Å². The number of hydrogen-bond donors (Lipinski definition) is 0. The van der Waals surface area contributed by atoms with E-state index in [4.69, 9.17) is 10.3 Å². The van der Waals surface area contributed by atoms with Gasteiger partial charge in [-0.1, -0.05) is 29.9 Å². The lowest BCUT2D eigenvalue weighted by molar-refractivity contribution is 0.411. The highest BCUT2D eigenvalue weighted by Crippen LogP contribution is 2.45. The molecule has 2 unspecified atom stereocenters. The third-order valence-corrected chi connectivity index (χ3v) is 6.01. The van der Waals surface area contributed by atoms with Crippen LogP contribution in [0.15, 0.2) is 29.3 Å². The summed E-state index contributed by atoms with van der Waals surface area (Å²) in [6, 6.07) is 10.2. The SMILES string of the molecule is Cn1nc(-c2ccc(C#N)cc2)sc1=NC1C[C@@H]2CCC1C2. The van der Waals surface area contributed by atoms with Gasteiger partial charge in [-0.25, -0.2) is 4.68 Å². The zero-order chi connectivity index (χ0) is 15.1. The van der Waals surface area contributed by atoms with E-state index in [2.05, 4.69) is 11.2 Å². The monoisotopic (exact) mass is 310 g/mol. The topological polar surface area (TPSA) is 54.0 Å². The fourth-order valence-electron chi connectivity index (χ4n) is 3.78. The Kier molecular flexibility index (Phi) is 3.34. The molecule has 0 radical (unpaired) electrons. The van der Waals surface area contributed by atoms with Crippen molar-refractivity contribution in [1.82, 2.24) is 9.78 Å². The Labute approximate surface area is 133 Å². The van der Waals surface area contributed by atoms with Crippen LogP contribution in [-0.2, 0) is 7.05 Å². The van der Waals surface area contributed by atoms with Gasteiger partial charge in [-0.15, -0.1) is 0 Å². The maximum atomic E-state index is 8.88. The Bertz CT molecular complexity index is 793. The molecule has 2 bridgehead atoms. The van der Waals surface area contributed by atoms with Gasteiger partial charge in [0, 0.05) is 12.6 Å². The second-order valence-corrected chi connectivity index (χ2v) is 7.33. The smallest absolute Gasteiger partial charge is 0.203 e. The number of rotatable bonds is 2. The quantitative estimate of drug-likeness (QED) is 0.856. The number of nitriles is 1. The highest BCUT2D eigenvalue weighted by Gasteiger charge is 2.39. The minimum Gasteiger partial charge on any atom is -0.254 e. The van der Waals surface area contributed by atoms with Crippen molar-refractivity contribution in [3.63, 3.8) is 0 Å². The van der Waals surface area contributed by atoms with Gasteiger partial charge < -0.3 is 0 Å². The largest absolute Gasteiger partial charge is 0.254 e. The van der Waals surface area contributed by atoms with Crippen LogP contribution in [0.1, 0.15) is 31.2 Å². The molecule has 4 rings (SSSR count). The average molecular weight is 310 g/mol. The average Bonchev–Trinajstić information content (AvgIpc) is 3.24. The molecular weight excluding hydrogens is 292 g/mol. The van der Waals surface area contributed by atoms with Gasteiger partial charge in [-0.2, -0.15) is 10.4 Å². The maximum absolute atomic E-state index is 8.88. The predicted molar refractivity (Wildman–Crippen MR) is 86.0 cm³/mol. The van der Waals surface area contributed by atoms with Gasteiger partial charge in [-0.3, -0.25) is 4.99 Å². The fourth-order valence-corrected chi connectivity index (χ4v) is 4.73. The number of fused-ring (bicyclic) bond motifs is 2. The van der Waals surface area contributed by atoms with Gasteiger partial charge in [-0.05, 0) is 43.2 Å². The molecular formula is C17H18N4S. The molecule has 0 N–H and O–H groups in total. The highest BCUT2D eigenvalue weighted by molar-refractivity contribution is 7.12. The third-order valence-electron chi connectivity index (χ3n) is 4.94. The molecule has 1 heterocycles. The van der Waals surface area contributed by atoms with Crippen LogP contribution < -0.4 is 4.80 Å². The number of nitrogens with zero attached hydrogens (tertiary/aromatic N) is 4. The number of benzene rings is 1. The van der Waals surface area contributed by atoms with Crippen molar-refractivity contribution in [2.24, 2.45) is 23.9 Å². The normalized spacial score (nSPS) is 27.3. The summed E-state index contributed by atoms with van der Waals surface area (Å²) in [4.78, 5) is 6.00. The van der Waals surface area contributed by atoms with Crippen LogP contribution in [0.25, 0.3) is 10.6 Å². The lowest BCUT2D eigenvalue weighted by atomic mass is 9.96. The minimum atomic E-state index is 0.499. The number of aryl methyl sites for hydroxylation is 1. The first kappa shape index (κ1) is 13.7. The standard InChI is InChI=1S/C17H18N4S/c1-21-17(19-15-9-12-4-7-14(15)8-12)22-16(20-21)13-5-2-11(10-18)3-6-13/h2-3,5-6,12,14-15H,4,7-9H2,1H3/t12-,14?,15?/m1/s1. The first-order valence-corrected chi connectivity index (χ1v) is 8.63. The van der Waals surface area contributed by atoms with Crippen LogP contribution in [0.3, 0.4) is 0 Å². The van der Waals surface area contributed by atoms with Gasteiger partial charge in [0.05, 0.1) is 17.7 Å². The van der Waals surface area contributed by atoms with E-state index in [9.17, 15) is 0 Å². The van der Waals surface area contributed by atoms with Crippen molar-refractivity contribution in [3.05, 3.63) is 34.6 Å². The van der Waals surface area contributed by atoms with Crippen molar-refractivity contribution in [2.75, 3.05) is 0 Å². The zero-order valence-electron chi connectivity index (χ0n) is 12.6. The zero-order valence-corrected chi connectivity index (χ0v) is 13.4. The summed E-state index contributed by atoms with van der Waals surface area (Å²) in [7, 11) is 1.97. The Balaban J connectivity index is 1.65. The highest BCUT2D eigenvalue weighted by atomic mass is 32.1. The third kappa shape index (κ3) is 2.38. The molecule has 2 saturated carbocycles. The molecule has 22 heavy (non-hydrogen) atoms. The van der Waals surface area contributed by atoms with Gasteiger partial charge >= 0.3 is 0 Å². The van der Waals surface area contributed by atoms with Crippen LogP contribution in [0.2, 0.25) is 0 Å². The van der Waals surface area contributed by atoms with Crippen molar-refractivity contribution < 1.29 is 0 Å². The predicted octanol–water partition coefficient (Wildman–Crippen LogP) is 3.11. The molecule has 0 saturated heterocycles. The first-order chi connectivity index (χ1) is 10.7. The van der Waals surface area contributed by atoms with Crippen molar-refractivity contribution in [1.29, 1.82) is 5.26 Å². The van der Waals surface area contributed by atoms with E-state index in [1.54, 1.807) is 11.3 Å². The molecule has 4 nitrogen and oxygen atoms in total. The molecule has 5 heteroatoms. The number of aromatic nitrogens is 2. The molecule has 2 aromatic rings.